The fourth-order valence-electron chi connectivity index (χ4n) is 3.58. The van der Waals surface area contributed by atoms with Crippen LogP contribution in [-0.4, -0.2) is 52.1 Å². The van der Waals surface area contributed by atoms with Crippen molar-refractivity contribution in [3.8, 4) is 0 Å². The molecule has 0 saturated carbocycles. The van der Waals surface area contributed by atoms with Crippen molar-refractivity contribution in [2.45, 2.75) is 78.4 Å². The van der Waals surface area contributed by atoms with Gasteiger partial charge in [0.05, 0.1) is 5.57 Å². The highest BCUT2D eigenvalue weighted by Crippen LogP contribution is 2.37. The van der Waals surface area contributed by atoms with Crippen LogP contribution in [-0.2, 0) is 9.53 Å². The molecule has 9 heteroatoms. The first-order chi connectivity index (χ1) is 15.8. The summed E-state index contributed by atoms with van der Waals surface area (Å²) in [6, 6.07) is 0. The van der Waals surface area contributed by atoms with Crippen LogP contribution < -0.4 is 5.43 Å². The molecular formula is C25H35BF2N2O4. The van der Waals surface area contributed by atoms with Crippen molar-refractivity contribution in [3.63, 3.8) is 0 Å². The van der Waals surface area contributed by atoms with E-state index in [0.717, 1.165) is 34.9 Å². The lowest BCUT2D eigenvalue weighted by Gasteiger charge is -2.37. The molecule has 2 aliphatic rings. The number of hydrogen-bond donors (Lipinski definition) is 3. The van der Waals surface area contributed by atoms with Gasteiger partial charge in [-0.05, 0) is 58.2 Å². The molecule has 0 aromatic carbocycles. The number of rotatable bonds is 9. The Morgan fingerprint density at radius 2 is 2.00 bits per heavy atom. The molecule has 6 nitrogen and oxygen atoms in total. The largest absolute Gasteiger partial charge is 0.488 e. The highest BCUT2D eigenvalue weighted by molar-refractivity contribution is 6.51. The standard InChI is InChI=1S/C25H35BF2N2O4/c1-8-25(6,7)30(24-22(34-24)17(5)12-16(4)11-15(2)3)29-23(31)20-10-9-19(27)13-18(26(32)33)14-21(20)28/h10-14,19,22,24,32-33H,5,8-9H2,1-4,6-7H3,(H,29,31)/b16-12-,18-13-,20-10-,21-14+. The summed E-state index contributed by atoms with van der Waals surface area (Å²) in [5.41, 5.74) is 4.36. The molecule has 2 rings (SSSR count). The summed E-state index contributed by atoms with van der Waals surface area (Å²) >= 11 is 0. The van der Waals surface area contributed by atoms with Crippen molar-refractivity contribution in [3.05, 3.63) is 70.6 Å². The van der Waals surface area contributed by atoms with Crippen molar-refractivity contribution < 1.29 is 28.4 Å². The Hall–Kier alpha value is -2.33. The maximum atomic E-state index is 14.8. The van der Waals surface area contributed by atoms with Gasteiger partial charge in [-0.25, -0.2) is 8.78 Å². The number of allylic oxidation sites excluding steroid dienone is 7. The third kappa shape index (κ3) is 7.34. The van der Waals surface area contributed by atoms with Gasteiger partial charge in [0.15, 0.2) is 6.23 Å². The predicted molar refractivity (Wildman–Crippen MR) is 130 cm³/mol. The van der Waals surface area contributed by atoms with Crippen LogP contribution >= 0.6 is 0 Å². The number of epoxide rings is 1. The molecule has 3 unspecified atom stereocenters. The average molecular weight is 476 g/mol. The molecule has 0 radical (unpaired) electrons. The van der Waals surface area contributed by atoms with Crippen molar-refractivity contribution in [2.75, 3.05) is 0 Å². The molecule has 34 heavy (non-hydrogen) atoms. The van der Waals surface area contributed by atoms with Gasteiger partial charge in [0.25, 0.3) is 5.91 Å². The Balaban J connectivity index is 2.26. The minimum Gasteiger partial charge on any atom is -0.423 e. The van der Waals surface area contributed by atoms with E-state index in [1.807, 2.05) is 53.7 Å². The smallest absolute Gasteiger partial charge is 0.423 e. The minimum absolute atomic E-state index is 0.287. The average Bonchev–Trinajstić information content (AvgIpc) is 3.50. The second-order valence-corrected chi connectivity index (χ2v) is 9.51. The molecule has 3 N–H and O–H groups in total. The van der Waals surface area contributed by atoms with Crippen molar-refractivity contribution in [1.82, 2.24) is 10.4 Å². The van der Waals surface area contributed by atoms with Crippen LogP contribution in [0.1, 0.15) is 54.4 Å². The molecule has 186 valence electrons. The van der Waals surface area contributed by atoms with E-state index in [-0.39, 0.29) is 23.6 Å². The van der Waals surface area contributed by atoms with Gasteiger partial charge in [0.2, 0.25) is 0 Å². The van der Waals surface area contributed by atoms with Crippen LogP contribution in [0.5, 0.6) is 0 Å². The lowest BCUT2D eigenvalue weighted by molar-refractivity contribution is -0.127. The Morgan fingerprint density at radius 3 is 2.56 bits per heavy atom. The predicted octanol–water partition coefficient (Wildman–Crippen LogP) is 4.16. The summed E-state index contributed by atoms with van der Waals surface area (Å²) in [5.74, 6) is -1.77. The molecule has 1 saturated heterocycles. The summed E-state index contributed by atoms with van der Waals surface area (Å²) in [6.45, 7) is 15.8. The molecule has 3 atom stereocenters. The number of carbonyl (C=O) groups is 1. The Labute approximate surface area is 201 Å². The molecular weight excluding hydrogens is 441 g/mol. The highest BCUT2D eigenvalue weighted by Gasteiger charge is 2.50. The van der Waals surface area contributed by atoms with E-state index in [0.29, 0.717) is 6.42 Å². The Kier molecular flexibility index (Phi) is 9.36. The number of hydrazine groups is 1. The first kappa shape index (κ1) is 27.9. The number of hydrogen-bond acceptors (Lipinski definition) is 5. The molecule has 1 amide bonds. The van der Waals surface area contributed by atoms with Crippen LogP contribution in [0.3, 0.4) is 0 Å². The zero-order valence-electron chi connectivity index (χ0n) is 20.7. The number of alkyl halides is 1. The van der Waals surface area contributed by atoms with Crippen LogP contribution in [0, 0.1) is 0 Å². The third-order valence-corrected chi connectivity index (χ3v) is 5.77. The van der Waals surface area contributed by atoms with Crippen molar-refractivity contribution >= 4 is 13.0 Å². The number of nitrogens with one attached hydrogen (secondary N) is 1. The van der Waals surface area contributed by atoms with Gasteiger partial charge in [-0.2, -0.15) is 5.01 Å². The van der Waals surface area contributed by atoms with Gasteiger partial charge in [0, 0.05) is 12.0 Å². The maximum absolute atomic E-state index is 14.8. The normalized spacial score (nSPS) is 27.8. The SMILES string of the molecule is C=C(/C=C(/C)C=C(C)C)C1OC1N(NC(=O)C1=C\CC(F)/C=C(B(O)O)/C=C\1F)C(C)(C)CC. The number of halogens is 2. The van der Waals surface area contributed by atoms with E-state index < -0.39 is 36.8 Å². The highest BCUT2D eigenvalue weighted by atomic mass is 19.1. The van der Waals surface area contributed by atoms with Crippen LogP contribution in [0.4, 0.5) is 8.78 Å². The Morgan fingerprint density at radius 1 is 1.35 bits per heavy atom. The van der Waals surface area contributed by atoms with Crippen LogP contribution in [0.25, 0.3) is 0 Å². The van der Waals surface area contributed by atoms with Gasteiger partial charge >= 0.3 is 7.12 Å². The van der Waals surface area contributed by atoms with Gasteiger partial charge in [-0.3, -0.25) is 10.2 Å². The lowest BCUT2D eigenvalue weighted by Crippen LogP contribution is -2.56. The van der Waals surface area contributed by atoms with Crippen molar-refractivity contribution in [1.29, 1.82) is 0 Å². The summed E-state index contributed by atoms with van der Waals surface area (Å²) in [4.78, 5) is 13.1. The molecule has 0 aromatic heterocycles. The number of carbonyl (C=O) groups excluding carboxylic acids is 1. The summed E-state index contributed by atoms with van der Waals surface area (Å²) in [7, 11) is -2.06. The summed E-state index contributed by atoms with van der Waals surface area (Å²) in [6.07, 6.45) is 4.69. The van der Waals surface area contributed by atoms with E-state index >= 15 is 0 Å². The summed E-state index contributed by atoms with van der Waals surface area (Å²) < 4.78 is 34.8. The minimum atomic E-state index is -2.06. The van der Waals surface area contributed by atoms with Gasteiger partial charge < -0.3 is 14.8 Å². The van der Waals surface area contributed by atoms with Crippen LogP contribution in [0.15, 0.2) is 70.6 Å². The van der Waals surface area contributed by atoms with E-state index in [4.69, 9.17) is 4.74 Å². The maximum Gasteiger partial charge on any atom is 0.488 e. The number of nitrogens with zero attached hydrogens (tertiary/aromatic N) is 1. The zero-order valence-corrected chi connectivity index (χ0v) is 20.7. The van der Waals surface area contributed by atoms with E-state index in [1.54, 1.807) is 5.01 Å². The zero-order chi connectivity index (χ0) is 25.8. The third-order valence-electron chi connectivity index (χ3n) is 5.77. The van der Waals surface area contributed by atoms with E-state index in [1.165, 1.54) is 0 Å². The van der Waals surface area contributed by atoms with Gasteiger partial charge in [0.1, 0.15) is 18.1 Å². The van der Waals surface area contributed by atoms with Gasteiger partial charge in [-0.15, -0.1) is 0 Å². The first-order valence-electron chi connectivity index (χ1n) is 11.3. The molecule has 1 aliphatic heterocycles. The second kappa shape index (κ2) is 11.4. The Bertz CT molecular complexity index is 962. The number of amides is 1. The summed E-state index contributed by atoms with van der Waals surface area (Å²) in [5, 5.41) is 20.4. The monoisotopic (exact) mass is 476 g/mol. The topological polar surface area (TPSA) is 85.3 Å². The first-order valence-corrected chi connectivity index (χ1v) is 11.3. The van der Waals surface area contributed by atoms with Gasteiger partial charge in [-0.1, -0.05) is 49.0 Å². The number of ether oxygens (including phenoxy) is 1. The fourth-order valence-corrected chi connectivity index (χ4v) is 3.58. The lowest BCUT2D eigenvalue weighted by atomic mass is 9.77. The second-order valence-electron chi connectivity index (χ2n) is 9.51. The van der Waals surface area contributed by atoms with Crippen LogP contribution in [0.2, 0.25) is 0 Å². The molecule has 0 bridgehead atoms. The quantitative estimate of drug-likeness (QED) is 0.201. The molecule has 0 aromatic rings. The molecule has 0 spiro atoms. The van der Waals surface area contributed by atoms with E-state index in [9.17, 15) is 23.6 Å². The molecule has 1 aliphatic carbocycles. The molecule has 1 heterocycles. The fraction of sp³-hybridized carbons (Fsp3) is 0.480. The molecule has 1 fully saturated rings. The van der Waals surface area contributed by atoms with Crippen molar-refractivity contribution in [2.24, 2.45) is 0 Å². The van der Waals surface area contributed by atoms with E-state index in [2.05, 4.69) is 12.0 Å².